The van der Waals surface area contributed by atoms with Gasteiger partial charge in [-0.1, -0.05) is 29.8 Å². The molecule has 2 rings (SSSR count). The number of hydrogen-bond donors (Lipinski definition) is 2. The van der Waals surface area contributed by atoms with Gasteiger partial charge < -0.3 is 5.73 Å². The van der Waals surface area contributed by atoms with Crippen LogP contribution in [0.2, 0.25) is 0 Å². The van der Waals surface area contributed by atoms with Gasteiger partial charge in [-0.15, -0.1) is 11.8 Å². The molecule has 4 N–H and O–H groups in total. The number of benzene rings is 2. The zero-order valence-electron chi connectivity index (χ0n) is 11.0. The van der Waals surface area contributed by atoms with E-state index in [1.54, 1.807) is 6.07 Å². The summed E-state index contributed by atoms with van der Waals surface area (Å²) in [6.07, 6.45) is 0. The summed E-state index contributed by atoms with van der Waals surface area (Å²) in [5, 5.41) is 5.13. The van der Waals surface area contributed by atoms with Gasteiger partial charge in [0.25, 0.3) is 0 Å². The molecule has 0 aliphatic heterocycles. The standard InChI is InChI=1S/C14H16N2O2S2/c1-10-3-2-4-11(7-10)9-19-14-8-12(20(16,17)18)5-6-13(14)15/h2-8H,9,15H2,1H3,(H2,16,17,18). The lowest BCUT2D eigenvalue weighted by Crippen LogP contribution is -2.12. The first-order valence-corrected chi connectivity index (χ1v) is 8.50. The van der Waals surface area contributed by atoms with E-state index in [0.717, 1.165) is 16.2 Å². The van der Waals surface area contributed by atoms with Gasteiger partial charge in [0, 0.05) is 16.3 Å². The maximum absolute atomic E-state index is 11.3. The summed E-state index contributed by atoms with van der Waals surface area (Å²) >= 11 is 1.49. The molecule has 0 saturated carbocycles. The van der Waals surface area contributed by atoms with Gasteiger partial charge in [0.15, 0.2) is 0 Å². The Kier molecular flexibility index (Phi) is 4.37. The summed E-state index contributed by atoms with van der Waals surface area (Å²) in [4.78, 5) is 0.802. The molecule has 0 amide bonds. The highest BCUT2D eigenvalue weighted by Crippen LogP contribution is 2.30. The van der Waals surface area contributed by atoms with Crippen LogP contribution in [-0.4, -0.2) is 8.42 Å². The van der Waals surface area contributed by atoms with Crippen molar-refractivity contribution in [1.82, 2.24) is 0 Å². The van der Waals surface area contributed by atoms with Gasteiger partial charge in [-0.3, -0.25) is 0 Å². The average Bonchev–Trinajstić information content (AvgIpc) is 2.36. The number of nitrogens with two attached hydrogens (primary N) is 2. The van der Waals surface area contributed by atoms with E-state index in [1.165, 1.54) is 29.5 Å². The summed E-state index contributed by atoms with van der Waals surface area (Å²) < 4.78 is 22.7. The molecular weight excluding hydrogens is 292 g/mol. The van der Waals surface area contributed by atoms with Gasteiger partial charge in [-0.25, -0.2) is 13.6 Å². The minimum absolute atomic E-state index is 0.0819. The summed E-state index contributed by atoms with van der Waals surface area (Å²) in [6, 6.07) is 12.6. The monoisotopic (exact) mass is 308 g/mol. The van der Waals surface area contributed by atoms with Crippen LogP contribution in [0.5, 0.6) is 0 Å². The molecule has 2 aromatic carbocycles. The highest BCUT2D eigenvalue weighted by Gasteiger charge is 2.10. The predicted molar refractivity (Wildman–Crippen MR) is 83.0 cm³/mol. The van der Waals surface area contributed by atoms with Crippen LogP contribution in [0.15, 0.2) is 52.3 Å². The van der Waals surface area contributed by atoms with Crippen LogP contribution in [0.3, 0.4) is 0 Å². The highest BCUT2D eigenvalue weighted by molar-refractivity contribution is 7.98. The third-order valence-corrected chi connectivity index (χ3v) is 4.84. The Labute approximate surface area is 123 Å². The van der Waals surface area contributed by atoms with Gasteiger partial charge in [0.1, 0.15) is 0 Å². The minimum atomic E-state index is -3.70. The Hall–Kier alpha value is -1.50. The number of primary sulfonamides is 1. The first kappa shape index (κ1) is 14.9. The van der Waals surface area contributed by atoms with Crippen LogP contribution < -0.4 is 10.9 Å². The molecule has 2 aromatic rings. The van der Waals surface area contributed by atoms with E-state index in [9.17, 15) is 8.42 Å². The smallest absolute Gasteiger partial charge is 0.238 e. The second-order valence-corrected chi connectivity index (χ2v) is 7.10. The van der Waals surface area contributed by atoms with Crippen LogP contribution in [0, 0.1) is 6.92 Å². The van der Waals surface area contributed by atoms with Crippen LogP contribution in [0.1, 0.15) is 11.1 Å². The SMILES string of the molecule is Cc1cccc(CSc2cc(S(N)(=O)=O)ccc2N)c1. The minimum Gasteiger partial charge on any atom is -0.398 e. The summed E-state index contributed by atoms with van der Waals surface area (Å²) in [6.45, 7) is 2.03. The van der Waals surface area contributed by atoms with E-state index in [0.29, 0.717) is 5.69 Å². The number of thioether (sulfide) groups is 1. The van der Waals surface area contributed by atoms with Crippen molar-refractivity contribution in [1.29, 1.82) is 0 Å². The lowest BCUT2D eigenvalue weighted by atomic mass is 10.2. The third kappa shape index (κ3) is 3.75. The molecule has 0 atom stereocenters. The first-order valence-electron chi connectivity index (χ1n) is 5.97. The van der Waals surface area contributed by atoms with Crippen LogP contribution in [-0.2, 0) is 15.8 Å². The summed E-state index contributed by atoms with van der Waals surface area (Å²) in [5.74, 6) is 0.722. The molecule has 0 saturated heterocycles. The van der Waals surface area contributed by atoms with Gasteiger partial charge in [-0.05, 0) is 30.7 Å². The normalized spacial score (nSPS) is 11.5. The number of hydrogen-bond acceptors (Lipinski definition) is 4. The van der Waals surface area contributed by atoms with E-state index >= 15 is 0 Å². The lowest BCUT2D eigenvalue weighted by molar-refractivity contribution is 0.597. The van der Waals surface area contributed by atoms with E-state index in [1.807, 2.05) is 25.1 Å². The highest BCUT2D eigenvalue weighted by atomic mass is 32.2. The van der Waals surface area contributed by atoms with Crippen molar-refractivity contribution >= 4 is 27.5 Å². The first-order chi connectivity index (χ1) is 9.36. The van der Waals surface area contributed by atoms with Crippen LogP contribution >= 0.6 is 11.8 Å². The molecule has 0 heterocycles. The van der Waals surface area contributed by atoms with Gasteiger partial charge in [0.05, 0.1) is 4.90 Å². The molecule has 0 aliphatic rings. The van der Waals surface area contributed by atoms with Crippen molar-refractivity contribution in [3.8, 4) is 0 Å². The van der Waals surface area contributed by atoms with Crippen molar-refractivity contribution in [2.45, 2.75) is 22.5 Å². The van der Waals surface area contributed by atoms with Gasteiger partial charge >= 0.3 is 0 Å². The number of nitrogen functional groups attached to an aromatic ring is 1. The largest absolute Gasteiger partial charge is 0.398 e. The van der Waals surface area contributed by atoms with Crippen molar-refractivity contribution < 1.29 is 8.42 Å². The molecule has 0 spiro atoms. The van der Waals surface area contributed by atoms with Crippen molar-refractivity contribution in [2.75, 3.05) is 5.73 Å². The summed E-state index contributed by atoms with van der Waals surface area (Å²) in [5.41, 5.74) is 8.77. The Bertz CT molecular complexity index is 728. The van der Waals surface area contributed by atoms with Crippen LogP contribution in [0.4, 0.5) is 5.69 Å². The average molecular weight is 308 g/mol. The number of sulfonamides is 1. The molecule has 0 fully saturated rings. The quantitative estimate of drug-likeness (QED) is 0.671. The number of rotatable bonds is 4. The second-order valence-electron chi connectivity index (χ2n) is 4.52. The zero-order valence-corrected chi connectivity index (χ0v) is 12.7. The fraction of sp³-hybridized carbons (Fsp3) is 0.143. The fourth-order valence-electron chi connectivity index (χ4n) is 1.78. The molecule has 0 bridgehead atoms. The maximum atomic E-state index is 11.3. The Morgan fingerprint density at radius 1 is 1.15 bits per heavy atom. The van der Waals surface area contributed by atoms with Gasteiger partial charge in [-0.2, -0.15) is 0 Å². The molecule has 0 aliphatic carbocycles. The second kappa shape index (κ2) is 5.87. The maximum Gasteiger partial charge on any atom is 0.238 e. The molecule has 0 aromatic heterocycles. The van der Waals surface area contributed by atoms with E-state index in [2.05, 4.69) is 6.07 Å². The Morgan fingerprint density at radius 3 is 2.55 bits per heavy atom. The zero-order chi connectivity index (χ0) is 14.8. The molecule has 0 unspecified atom stereocenters. The molecular formula is C14H16N2O2S2. The predicted octanol–water partition coefficient (Wildman–Crippen LogP) is 2.52. The van der Waals surface area contributed by atoms with Crippen molar-refractivity contribution in [2.24, 2.45) is 5.14 Å². The summed E-state index contributed by atoms with van der Waals surface area (Å²) in [7, 11) is -3.70. The lowest BCUT2D eigenvalue weighted by Gasteiger charge is -2.08. The molecule has 0 radical (unpaired) electrons. The third-order valence-electron chi connectivity index (χ3n) is 2.79. The van der Waals surface area contributed by atoms with Crippen molar-refractivity contribution in [3.63, 3.8) is 0 Å². The molecule has 6 heteroatoms. The molecule has 20 heavy (non-hydrogen) atoms. The fourth-order valence-corrected chi connectivity index (χ4v) is 3.34. The van der Waals surface area contributed by atoms with Gasteiger partial charge in [0.2, 0.25) is 10.0 Å². The molecule has 4 nitrogen and oxygen atoms in total. The van der Waals surface area contributed by atoms with Crippen LogP contribution in [0.25, 0.3) is 0 Å². The van der Waals surface area contributed by atoms with Crippen molar-refractivity contribution in [3.05, 3.63) is 53.6 Å². The van der Waals surface area contributed by atoms with E-state index in [4.69, 9.17) is 10.9 Å². The molecule has 106 valence electrons. The topological polar surface area (TPSA) is 86.2 Å². The number of aryl methyl sites for hydroxylation is 1. The Balaban J connectivity index is 2.21. The van der Waals surface area contributed by atoms with E-state index in [-0.39, 0.29) is 4.90 Å². The van der Waals surface area contributed by atoms with E-state index < -0.39 is 10.0 Å². The number of anilines is 1. The Morgan fingerprint density at radius 2 is 1.90 bits per heavy atom.